The molecule has 0 atom stereocenters. The number of aromatic amines is 1. The van der Waals surface area contributed by atoms with Crippen LogP contribution in [-0.4, -0.2) is 39.1 Å². The Morgan fingerprint density at radius 3 is 2.88 bits per heavy atom. The minimum atomic E-state index is -0.226. The first-order valence-corrected chi connectivity index (χ1v) is 8.79. The number of fused-ring (bicyclic) bond motifs is 3. The zero-order valence-electron chi connectivity index (χ0n) is 13.5. The quantitative estimate of drug-likeness (QED) is 0.404. The maximum Gasteiger partial charge on any atom is 0.337 e. The molecule has 0 aromatic carbocycles. The van der Waals surface area contributed by atoms with Crippen molar-refractivity contribution in [3.63, 3.8) is 0 Å². The summed E-state index contributed by atoms with van der Waals surface area (Å²) in [7, 11) is 0. The van der Waals surface area contributed by atoms with Crippen LogP contribution in [0.15, 0.2) is 28.1 Å². The summed E-state index contributed by atoms with van der Waals surface area (Å²) in [5, 5.41) is 8.35. The van der Waals surface area contributed by atoms with Gasteiger partial charge in [0.2, 0.25) is 0 Å². The standard InChI is InChI=1S/C15H15BrN8O/c1-2-3-4-7-23-12-10(19-14(16)20-12)13-22-21-11(24(13)15(23)25)9-5-6-17-8-18-9/h5-6,8H,2-4,7H2,1H3,(H,19,20). The van der Waals surface area contributed by atoms with Crippen LogP contribution < -0.4 is 5.69 Å². The van der Waals surface area contributed by atoms with Crippen molar-refractivity contribution in [2.45, 2.75) is 32.7 Å². The van der Waals surface area contributed by atoms with Crippen molar-refractivity contribution >= 4 is 32.7 Å². The average Bonchev–Trinajstić information content (AvgIpc) is 3.22. The van der Waals surface area contributed by atoms with Gasteiger partial charge in [-0.3, -0.25) is 4.57 Å². The van der Waals surface area contributed by atoms with Crippen LogP contribution in [0, 0.1) is 0 Å². The summed E-state index contributed by atoms with van der Waals surface area (Å²) in [6, 6.07) is 1.70. The smallest absolute Gasteiger partial charge is 0.328 e. The van der Waals surface area contributed by atoms with E-state index in [1.807, 2.05) is 0 Å². The lowest BCUT2D eigenvalue weighted by molar-refractivity contribution is 0.586. The van der Waals surface area contributed by atoms with E-state index in [1.165, 1.54) is 10.7 Å². The molecule has 128 valence electrons. The molecule has 4 heterocycles. The lowest BCUT2D eigenvalue weighted by atomic mass is 10.2. The van der Waals surface area contributed by atoms with Gasteiger partial charge in [0.25, 0.3) is 0 Å². The number of halogens is 1. The van der Waals surface area contributed by atoms with E-state index in [2.05, 4.69) is 53.0 Å². The molecule has 0 aliphatic rings. The number of hydrogen-bond acceptors (Lipinski definition) is 6. The Morgan fingerprint density at radius 1 is 1.24 bits per heavy atom. The fourth-order valence-electron chi connectivity index (χ4n) is 2.84. The van der Waals surface area contributed by atoms with Gasteiger partial charge in [0.15, 0.2) is 21.9 Å². The summed E-state index contributed by atoms with van der Waals surface area (Å²) in [5.74, 6) is 0.388. The van der Waals surface area contributed by atoms with Gasteiger partial charge < -0.3 is 4.98 Å². The molecular weight excluding hydrogens is 388 g/mol. The van der Waals surface area contributed by atoms with E-state index in [9.17, 15) is 4.79 Å². The molecule has 0 bridgehead atoms. The number of hydrogen-bond donors (Lipinski definition) is 1. The molecule has 0 aliphatic carbocycles. The average molecular weight is 403 g/mol. The highest BCUT2D eigenvalue weighted by atomic mass is 79.9. The third-order valence-electron chi connectivity index (χ3n) is 4.02. The van der Waals surface area contributed by atoms with Crippen LogP contribution in [0.4, 0.5) is 0 Å². The second kappa shape index (κ2) is 6.36. The summed E-state index contributed by atoms with van der Waals surface area (Å²) in [6.07, 6.45) is 6.03. The van der Waals surface area contributed by atoms with Crippen molar-refractivity contribution in [3.8, 4) is 11.5 Å². The molecule has 4 aromatic heterocycles. The Morgan fingerprint density at radius 2 is 2.12 bits per heavy atom. The molecule has 0 saturated heterocycles. The molecule has 0 radical (unpaired) electrons. The number of rotatable bonds is 5. The van der Waals surface area contributed by atoms with Crippen LogP contribution in [-0.2, 0) is 6.54 Å². The van der Waals surface area contributed by atoms with E-state index in [1.54, 1.807) is 16.8 Å². The van der Waals surface area contributed by atoms with Crippen molar-refractivity contribution in [2.75, 3.05) is 0 Å². The normalized spacial score (nSPS) is 11.6. The summed E-state index contributed by atoms with van der Waals surface area (Å²) in [6.45, 7) is 2.71. The third kappa shape index (κ3) is 2.62. The van der Waals surface area contributed by atoms with Gasteiger partial charge in [-0.1, -0.05) is 19.8 Å². The van der Waals surface area contributed by atoms with Crippen molar-refractivity contribution in [2.24, 2.45) is 0 Å². The highest BCUT2D eigenvalue weighted by molar-refractivity contribution is 9.10. The molecule has 0 amide bonds. The van der Waals surface area contributed by atoms with E-state index in [-0.39, 0.29) is 5.69 Å². The molecule has 0 unspecified atom stereocenters. The molecule has 4 aromatic rings. The number of aryl methyl sites for hydroxylation is 1. The summed E-state index contributed by atoms with van der Waals surface area (Å²) >= 11 is 3.34. The minimum Gasteiger partial charge on any atom is -0.328 e. The number of aromatic nitrogens is 8. The Labute approximate surface area is 150 Å². The predicted molar refractivity (Wildman–Crippen MR) is 95.1 cm³/mol. The molecule has 1 N–H and O–H groups in total. The maximum atomic E-state index is 13.1. The zero-order chi connectivity index (χ0) is 17.4. The number of imidazole rings is 1. The zero-order valence-corrected chi connectivity index (χ0v) is 15.1. The van der Waals surface area contributed by atoms with Gasteiger partial charge in [0.05, 0.1) is 0 Å². The summed E-state index contributed by atoms with van der Waals surface area (Å²) in [5.41, 5.74) is 1.98. The molecule has 0 aliphatic heterocycles. The molecule has 10 heteroatoms. The molecular formula is C15H15BrN8O. The predicted octanol–water partition coefficient (Wildman–Crippen LogP) is 2.18. The first kappa shape index (κ1) is 15.9. The Bertz CT molecular complexity index is 1100. The maximum absolute atomic E-state index is 13.1. The monoisotopic (exact) mass is 402 g/mol. The number of nitrogens with one attached hydrogen (secondary N) is 1. The van der Waals surface area contributed by atoms with Crippen molar-refractivity contribution in [3.05, 3.63) is 33.8 Å². The topological polar surface area (TPSA) is 107 Å². The van der Waals surface area contributed by atoms with Crippen LogP contribution in [0.25, 0.3) is 28.3 Å². The molecule has 9 nitrogen and oxygen atoms in total. The van der Waals surface area contributed by atoms with Crippen molar-refractivity contribution in [1.29, 1.82) is 0 Å². The van der Waals surface area contributed by atoms with Crippen molar-refractivity contribution in [1.82, 2.24) is 39.1 Å². The van der Waals surface area contributed by atoms with Crippen LogP contribution in [0.1, 0.15) is 26.2 Å². The van der Waals surface area contributed by atoms with Gasteiger partial charge in [-0.05, 0) is 28.4 Å². The fourth-order valence-corrected chi connectivity index (χ4v) is 3.20. The van der Waals surface area contributed by atoms with E-state index >= 15 is 0 Å². The lowest BCUT2D eigenvalue weighted by Gasteiger charge is -2.08. The van der Waals surface area contributed by atoms with Crippen LogP contribution in [0.2, 0.25) is 0 Å². The van der Waals surface area contributed by atoms with Gasteiger partial charge >= 0.3 is 5.69 Å². The van der Waals surface area contributed by atoms with Gasteiger partial charge in [-0.15, -0.1) is 10.2 Å². The largest absolute Gasteiger partial charge is 0.337 e. The third-order valence-corrected chi connectivity index (χ3v) is 4.39. The molecule has 0 spiro atoms. The molecule has 0 fully saturated rings. The highest BCUT2D eigenvalue weighted by Gasteiger charge is 2.20. The van der Waals surface area contributed by atoms with Crippen LogP contribution >= 0.6 is 15.9 Å². The van der Waals surface area contributed by atoms with E-state index in [4.69, 9.17) is 0 Å². The van der Waals surface area contributed by atoms with Gasteiger partial charge in [-0.2, -0.15) is 0 Å². The van der Waals surface area contributed by atoms with E-state index in [0.717, 1.165) is 19.3 Å². The number of nitrogens with zero attached hydrogens (tertiary/aromatic N) is 7. The SMILES string of the molecule is CCCCCn1c(=O)n2c(-c3ccncn3)nnc2c2[nH]c(Br)nc21. The molecule has 0 saturated carbocycles. The van der Waals surface area contributed by atoms with E-state index < -0.39 is 0 Å². The molecule has 25 heavy (non-hydrogen) atoms. The molecule has 4 rings (SSSR count). The van der Waals surface area contributed by atoms with E-state index in [0.29, 0.717) is 39.6 Å². The fraction of sp³-hybridized carbons (Fsp3) is 0.333. The van der Waals surface area contributed by atoms with Crippen LogP contribution in [0.5, 0.6) is 0 Å². The van der Waals surface area contributed by atoms with Crippen LogP contribution in [0.3, 0.4) is 0 Å². The minimum absolute atomic E-state index is 0.226. The second-order valence-electron chi connectivity index (χ2n) is 5.64. The van der Waals surface area contributed by atoms with Crippen molar-refractivity contribution < 1.29 is 0 Å². The van der Waals surface area contributed by atoms with Gasteiger partial charge in [-0.25, -0.2) is 24.1 Å². The number of H-pyrrole nitrogens is 1. The summed E-state index contributed by atoms with van der Waals surface area (Å²) in [4.78, 5) is 28.7. The highest BCUT2D eigenvalue weighted by Crippen LogP contribution is 2.21. The number of unbranched alkanes of at least 4 members (excludes halogenated alkanes) is 2. The first-order chi connectivity index (χ1) is 12.2. The Hall–Kier alpha value is -2.62. The van der Waals surface area contributed by atoms with Gasteiger partial charge in [0.1, 0.15) is 17.5 Å². The second-order valence-corrected chi connectivity index (χ2v) is 6.40. The summed E-state index contributed by atoms with van der Waals surface area (Å²) < 4.78 is 3.68. The Balaban J connectivity index is 2.02. The Kier molecular flexibility index (Phi) is 4.04. The van der Waals surface area contributed by atoms with Gasteiger partial charge in [0, 0.05) is 12.7 Å². The lowest BCUT2D eigenvalue weighted by Crippen LogP contribution is -2.28. The first-order valence-electron chi connectivity index (χ1n) is 8.00.